The van der Waals surface area contributed by atoms with Gasteiger partial charge in [-0.05, 0) is 0 Å². The van der Waals surface area contributed by atoms with Crippen LogP contribution in [-0.2, 0) is 4.79 Å². The molecule has 0 aromatic carbocycles. The quantitative estimate of drug-likeness (QED) is 0.543. The summed E-state index contributed by atoms with van der Waals surface area (Å²) in [7, 11) is 0. The average molecular weight is 123 g/mol. The summed E-state index contributed by atoms with van der Waals surface area (Å²) in [6.45, 7) is 0. The van der Waals surface area contributed by atoms with E-state index in [0.717, 1.165) is 0 Å². The van der Waals surface area contributed by atoms with E-state index in [1.165, 1.54) is 0 Å². The van der Waals surface area contributed by atoms with Crippen LogP contribution in [0.3, 0.4) is 0 Å². The normalized spacial score (nSPS) is 14.0. The van der Waals surface area contributed by atoms with Gasteiger partial charge in [-0.15, -0.1) is 0 Å². The molecule has 0 aliphatic rings. The highest BCUT2D eigenvalue weighted by molar-refractivity contribution is 5.50. The third kappa shape index (κ3) is 2.63. The van der Waals surface area contributed by atoms with Crippen molar-refractivity contribution in [3.63, 3.8) is 0 Å². The molecular weight excluding hydrogens is 116 g/mol. The molecule has 0 aromatic heterocycles. The van der Waals surface area contributed by atoms with E-state index in [1.54, 1.807) is 0 Å². The zero-order valence-corrected chi connectivity index (χ0v) is 4.18. The van der Waals surface area contributed by atoms with Gasteiger partial charge in [-0.3, -0.25) is 0 Å². The van der Waals surface area contributed by atoms with Crippen molar-refractivity contribution in [1.29, 1.82) is 0 Å². The number of hydrogen-bond acceptors (Lipinski definition) is 2. The van der Waals surface area contributed by atoms with E-state index in [2.05, 4.69) is 0 Å². The summed E-state index contributed by atoms with van der Waals surface area (Å²) in [6.07, 6.45) is -2.46. The summed E-state index contributed by atoms with van der Waals surface area (Å²) < 4.78 is 22.7. The van der Waals surface area contributed by atoms with E-state index in [4.69, 9.17) is 5.73 Å². The number of aldehydes is 1. The molecule has 0 amide bonds. The van der Waals surface area contributed by atoms with Gasteiger partial charge in [-0.2, -0.15) is 0 Å². The molecule has 0 aliphatic heterocycles. The van der Waals surface area contributed by atoms with Crippen LogP contribution in [0.5, 0.6) is 0 Å². The minimum Gasteiger partial charge on any atom is -0.323 e. The Morgan fingerprint density at radius 1 is 1.62 bits per heavy atom. The van der Waals surface area contributed by atoms with Crippen LogP contribution in [0.2, 0.25) is 0 Å². The molecule has 0 bridgehead atoms. The van der Waals surface area contributed by atoms with Crippen LogP contribution in [0.15, 0.2) is 0 Å². The largest absolute Gasteiger partial charge is 0.323 e. The van der Waals surface area contributed by atoms with E-state index < -0.39 is 12.5 Å². The monoisotopic (exact) mass is 123 g/mol. The molecule has 4 heteroatoms. The van der Waals surface area contributed by atoms with E-state index >= 15 is 0 Å². The molecule has 2 nitrogen and oxygen atoms in total. The first-order valence-corrected chi connectivity index (χ1v) is 2.16. The van der Waals surface area contributed by atoms with E-state index in [0.29, 0.717) is 6.29 Å². The van der Waals surface area contributed by atoms with Crippen molar-refractivity contribution < 1.29 is 13.6 Å². The SMILES string of the molecule is NC(CC=O)C(F)F. The lowest BCUT2D eigenvalue weighted by Gasteiger charge is -2.02. The zero-order chi connectivity index (χ0) is 6.57. The molecule has 0 spiro atoms. The predicted molar refractivity (Wildman–Crippen MR) is 24.7 cm³/mol. The van der Waals surface area contributed by atoms with Gasteiger partial charge in [0.15, 0.2) is 0 Å². The Hall–Kier alpha value is -0.510. The number of nitrogens with two attached hydrogens (primary N) is 1. The Kier molecular flexibility index (Phi) is 3.26. The average Bonchev–Trinajstić information content (AvgIpc) is 1.67. The fourth-order valence-corrected chi connectivity index (χ4v) is 0.214. The Labute approximate surface area is 45.7 Å². The number of halogens is 2. The highest BCUT2D eigenvalue weighted by Crippen LogP contribution is 1.98. The molecule has 2 N–H and O–H groups in total. The lowest BCUT2D eigenvalue weighted by atomic mass is 10.2. The molecule has 1 unspecified atom stereocenters. The molecule has 1 atom stereocenters. The molecule has 0 aliphatic carbocycles. The highest BCUT2D eigenvalue weighted by atomic mass is 19.3. The highest BCUT2D eigenvalue weighted by Gasteiger charge is 2.12. The van der Waals surface area contributed by atoms with E-state index in [9.17, 15) is 13.6 Å². The van der Waals surface area contributed by atoms with E-state index in [1.807, 2.05) is 0 Å². The van der Waals surface area contributed by atoms with Crippen LogP contribution in [0.1, 0.15) is 6.42 Å². The lowest BCUT2D eigenvalue weighted by molar-refractivity contribution is -0.108. The van der Waals surface area contributed by atoms with Gasteiger partial charge in [-0.25, -0.2) is 8.78 Å². The first-order chi connectivity index (χ1) is 3.68. The van der Waals surface area contributed by atoms with Gasteiger partial charge in [0, 0.05) is 6.42 Å². The molecule has 0 heterocycles. The molecule has 0 fully saturated rings. The number of hydrogen-bond donors (Lipinski definition) is 1. The second-order valence-corrected chi connectivity index (χ2v) is 1.40. The fourth-order valence-electron chi connectivity index (χ4n) is 0.214. The number of carbonyl (C=O) groups excluding carboxylic acids is 1. The minimum absolute atomic E-state index is 0.266. The second-order valence-electron chi connectivity index (χ2n) is 1.40. The molecular formula is C4H7F2NO. The van der Waals surface area contributed by atoms with Crippen molar-refractivity contribution in [3.8, 4) is 0 Å². The van der Waals surface area contributed by atoms with Gasteiger partial charge in [0.25, 0.3) is 6.43 Å². The summed E-state index contributed by atoms with van der Waals surface area (Å²) in [5.41, 5.74) is 4.75. The maximum Gasteiger partial charge on any atom is 0.253 e. The van der Waals surface area contributed by atoms with Crippen molar-refractivity contribution in [2.24, 2.45) is 5.73 Å². The fraction of sp³-hybridized carbons (Fsp3) is 0.750. The van der Waals surface area contributed by atoms with Gasteiger partial charge >= 0.3 is 0 Å². The van der Waals surface area contributed by atoms with Gasteiger partial charge in [-0.1, -0.05) is 0 Å². The summed E-state index contributed by atoms with van der Waals surface area (Å²) >= 11 is 0. The number of alkyl halides is 2. The third-order valence-corrected chi connectivity index (χ3v) is 0.692. The first-order valence-electron chi connectivity index (χ1n) is 2.16. The Morgan fingerprint density at radius 2 is 2.12 bits per heavy atom. The third-order valence-electron chi connectivity index (χ3n) is 0.692. The predicted octanol–water partition coefficient (Wildman–Crippen LogP) is 0.168. The van der Waals surface area contributed by atoms with Crippen molar-refractivity contribution in [1.82, 2.24) is 0 Å². The second kappa shape index (κ2) is 3.49. The molecule has 0 saturated carbocycles. The molecule has 0 aromatic rings. The number of rotatable bonds is 3. The van der Waals surface area contributed by atoms with Crippen molar-refractivity contribution in [2.45, 2.75) is 18.9 Å². The van der Waals surface area contributed by atoms with Gasteiger partial charge in [0.05, 0.1) is 6.04 Å². The number of carbonyl (C=O) groups is 1. The standard InChI is InChI=1S/C4H7F2NO/c5-4(6)3(7)1-2-8/h2-4H,1,7H2. The summed E-state index contributed by atoms with van der Waals surface area (Å²) in [5.74, 6) is 0. The van der Waals surface area contributed by atoms with Crippen LogP contribution >= 0.6 is 0 Å². The Bertz CT molecular complexity index is 76.4. The molecule has 0 rings (SSSR count). The van der Waals surface area contributed by atoms with Gasteiger partial charge in [0.2, 0.25) is 0 Å². The van der Waals surface area contributed by atoms with Crippen LogP contribution in [0.4, 0.5) is 8.78 Å². The lowest BCUT2D eigenvalue weighted by Crippen LogP contribution is -2.28. The molecule has 0 saturated heterocycles. The van der Waals surface area contributed by atoms with Crippen LogP contribution in [-0.4, -0.2) is 18.8 Å². The molecule has 48 valence electrons. The zero-order valence-electron chi connectivity index (χ0n) is 4.18. The smallest absolute Gasteiger partial charge is 0.253 e. The Balaban J connectivity index is 3.30. The maximum atomic E-state index is 11.3. The topological polar surface area (TPSA) is 43.1 Å². The summed E-state index contributed by atoms with van der Waals surface area (Å²) in [4.78, 5) is 9.51. The minimum atomic E-state index is -2.58. The van der Waals surface area contributed by atoms with Crippen LogP contribution in [0, 0.1) is 0 Å². The van der Waals surface area contributed by atoms with Crippen molar-refractivity contribution in [2.75, 3.05) is 0 Å². The van der Waals surface area contributed by atoms with Crippen molar-refractivity contribution >= 4 is 6.29 Å². The van der Waals surface area contributed by atoms with Gasteiger partial charge < -0.3 is 10.5 Å². The maximum absolute atomic E-state index is 11.3. The summed E-state index contributed by atoms with van der Waals surface area (Å²) in [5, 5.41) is 0. The Morgan fingerprint density at radius 3 is 2.25 bits per heavy atom. The first kappa shape index (κ1) is 7.49. The van der Waals surface area contributed by atoms with Crippen LogP contribution in [0.25, 0.3) is 0 Å². The van der Waals surface area contributed by atoms with Crippen LogP contribution < -0.4 is 5.73 Å². The van der Waals surface area contributed by atoms with Crippen molar-refractivity contribution in [3.05, 3.63) is 0 Å². The van der Waals surface area contributed by atoms with E-state index in [-0.39, 0.29) is 6.42 Å². The molecule has 8 heavy (non-hydrogen) atoms. The van der Waals surface area contributed by atoms with Gasteiger partial charge in [0.1, 0.15) is 6.29 Å². The molecule has 0 radical (unpaired) electrons. The summed E-state index contributed by atoms with van der Waals surface area (Å²) in [6, 6.07) is -1.28.